The van der Waals surface area contributed by atoms with Gasteiger partial charge >= 0.3 is 0 Å². The first-order valence-electron chi connectivity index (χ1n) is 3.01. The SMILES string of the molecule is C1=Nc2ccccc2ON1. The molecule has 0 unspecified atom stereocenters. The molecule has 1 aromatic carbocycles. The summed E-state index contributed by atoms with van der Waals surface area (Å²) < 4.78 is 0. The van der Waals surface area contributed by atoms with Crippen molar-refractivity contribution in [3.63, 3.8) is 0 Å². The summed E-state index contributed by atoms with van der Waals surface area (Å²) in [5, 5.41) is 0. The third kappa shape index (κ3) is 0.719. The first-order chi connectivity index (χ1) is 4.97. The standard InChI is InChI=1S/C7H6N2O/c1-2-4-7-6(3-1)8-5-9-10-7/h1-5H,(H,8,9). The summed E-state index contributed by atoms with van der Waals surface area (Å²) in [6.07, 6.45) is 1.52. The van der Waals surface area contributed by atoms with E-state index in [0.29, 0.717) is 0 Å². The highest BCUT2D eigenvalue weighted by molar-refractivity contribution is 5.66. The maximum atomic E-state index is 5.02. The van der Waals surface area contributed by atoms with Gasteiger partial charge in [0.05, 0.1) is 0 Å². The topological polar surface area (TPSA) is 33.6 Å². The van der Waals surface area contributed by atoms with Crippen LogP contribution in [-0.2, 0) is 0 Å². The van der Waals surface area contributed by atoms with Crippen LogP contribution in [0.2, 0.25) is 0 Å². The molecular formula is C7H6N2O. The highest BCUT2D eigenvalue weighted by atomic mass is 16.6. The average Bonchev–Trinajstić information content (AvgIpc) is 2.05. The molecule has 10 heavy (non-hydrogen) atoms. The van der Waals surface area contributed by atoms with E-state index in [4.69, 9.17) is 4.84 Å². The Kier molecular flexibility index (Phi) is 1.07. The van der Waals surface area contributed by atoms with Crippen LogP contribution in [0.5, 0.6) is 5.75 Å². The molecule has 0 amide bonds. The van der Waals surface area contributed by atoms with Gasteiger partial charge in [-0.2, -0.15) is 0 Å². The van der Waals surface area contributed by atoms with Gasteiger partial charge < -0.3 is 4.84 Å². The van der Waals surface area contributed by atoms with E-state index in [9.17, 15) is 0 Å². The second-order valence-corrected chi connectivity index (χ2v) is 1.95. The molecule has 1 N–H and O–H groups in total. The minimum absolute atomic E-state index is 0.769. The van der Waals surface area contributed by atoms with Gasteiger partial charge in [-0.3, -0.25) is 0 Å². The van der Waals surface area contributed by atoms with Crippen LogP contribution in [0.25, 0.3) is 0 Å². The van der Waals surface area contributed by atoms with Crippen molar-refractivity contribution in [1.29, 1.82) is 0 Å². The fourth-order valence-electron chi connectivity index (χ4n) is 0.836. The van der Waals surface area contributed by atoms with E-state index >= 15 is 0 Å². The normalized spacial score (nSPS) is 13.2. The van der Waals surface area contributed by atoms with Crippen LogP contribution in [0.4, 0.5) is 5.69 Å². The van der Waals surface area contributed by atoms with Gasteiger partial charge in [-0.15, -0.1) is 0 Å². The van der Waals surface area contributed by atoms with Gasteiger partial charge in [0, 0.05) is 0 Å². The number of rotatable bonds is 0. The van der Waals surface area contributed by atoms with Crippen LogP contribution in [0, 0.1) is 0 Å². The van der Waals surface area contributed by atoms with Gasteiger partial charge in [-0.25, -0.2) is 10.5 Å². The van der Waals surface area contributed by atoms with E-state index in [1.807, 2.05) is 24.3 Å². The van der Waals surface area contributed by atoms with Gasteiger partial charge in [0.25, 0.3) is 0 Å². The average molecular weight is 134 g/mol. The second kappa shape index (κ2) is 2.02. The van der Waals surface area contributed by atoms with E-state index in [1.54, 1.807) is 0 Å². The highest BCUT2D eigenvalue weighted by Gasteiger charge is 2.02. The number of hydroxylamine groups is 1. The molecule has 0 saturated carbocycles. The van der Waals surface area contributed by atoms with Crippen molar-refractivity contribution in [3.05, 3.63) is 24.3 Å². The molecule has 0 aliphatic carbocycles. The largest absolute Gasteiger partial charge is 0.379 e. The number of hydrogen-bond donors (Lipinski definition) is 1. The lowest BCUT2D eigenvalue weighted by Gasteiger charge is -2.09. The van der Waals surface area contributed by atoms with E-state index in [0.717, 1.165) is 11.4 Å². The lowest BCUT2D eigenvalue weighted by Crippen LogP contribution is -2.18. The number of nitrogens with zero attached hydrogens (tertiary/aromatic N) is 1. The number of aliphatic imine (C=N–C) groups is 1. The minimum atomic E-state index is 0.769. The maximum absolute atomic E-state index is 5.02. The van der Waals surface area contributed by atoms with Gasteiger partial charge in [0.1, 0.15) is 12.0 Å². The first-order valence-corrected chi connectivity index (χ1v) is 3.01. The molecule has 0 fully saturated rings. The van der Waals surface area contributed by atoms with Gasteiger partial charge in [-0.05, 0) is 12.1 Å². The van der Waals surface area contributed by atoms with Crippen molar-refractivity contribution in [2.24, 2.45) is 4.99 Å². The van der Waals surface area contributed by atoms with Crippen LogP contribution in [-0.4, -0.2) is 6.34 Å². The van der Waals surface area contributed by atoms with Crippen LogP contribution >= 0.6 is 0 Å². The van der Waals surface area contributed by atoms with E-state index in [2.05, 4.69) is 10.5 Å². The zero-order valence-corrected chi connectivity index (χ0v) is 5.24. The van der Waals surface area contributed by atoms with Crippen molar-refractivity contribution >= 4 is 12.0 Å². The Morgan fingerprint density at radius 2 is 2.20 bits per heavy atom. The highest BCUT2D eigenvalue weighted by Crippen LogP contribution is 2.26. The molecule has 0 radical (unpaired) electrons. The van der Waals surface area contributed by atoms with Gasteiger partial charge in [0.15, 0.2) is 5.75 Å². The number of nitrogens with one attached hydrogen (secondary N) is 1. The molecule has 1 aliphatic rings. The number of para-hydroxylation sites is 2. The van der Waals surface area contributed by atoms with Crippen LogP contribution < -0.4 is 10.3 Å². The monoisotopic (exact) mass is 134 g/mol. The Balaban J connectivity index is 2.54. The predicted molar refractivity (Wildman–Crippen MR) is 38.4 cm³/mol. The number of benzene rings is 1. The van der Waals surface area contributed by atoms with Crippen LogP contribution in [0.15, 0.2) is 29.3 Å². The first kappa shape index (κ1) is 5.29. The second-order valence-electron chi connectivity index (χ2n) is 1.95. The molecule has 50 valence electrons. The molecule has 2 rings (SSSR count). The quantitative estimate of drug-likeness (QED) is 0.579. The summed E-state index contributed by atoms with van der Waals surface area (Å²) in [4.78, 5) is 9.06. The lowest BCUT2D eigenvalue weighted by molar-refractivity contribution is 0.264. The Labute approximate surface area is 58.3 Å². The summed E-state index contributed by atoms with van der Waals surface area (Å²) in [6, 6.07) is 7.58. The molecule has 0 atom stereocenters. The van der Waals surface area contributed by atoms with Crippen molar-refractivity contribution in [1.82, 2.24) is 5.48 Å². The molecule has 0 saturated heterocycles. The zero-order chi connectivity index (χ0) is 6.81. The molecule has 1 aliphatic heterocycles. The molecule has 3 nitrogen and oxygen atoms in total. The zero-order valence-electron chi connectivity index (χ0n) is 5.24. The van der Waals surface area contributed by atoms with Crippen LogP contribution in [0.3, 0.4) is 0 Å². The smallest absolute Gasteiger partial charge is 0.180 e. The third-order valence-electron chi connectivity index (χ3n) is 1.29. The summed E-state index contributed by atoms with van der Waals surface area (Å²) in [5.74, 6) is 0.769. The lowest BCUT2D eigenvalue weighted by atomic mass is 10.3. The van der Waals surface area contributed by atoms with Gasteiger partial charge in [0.2, 0.25) is 0 Å². The van der Waals surface area contributed by atoms with E-state index < -0.39 is 0 Å². The molecule has 1 heterocycles. The van der Waals surface area contributed by atoms with Crippen molar-refractivity contribution in [2.75, 3.05) is 0 Å². The number of hydrogen-bond acceptors (Lipinski definition) is 3. The van der Waals surface area contributed by atoms with Crippen molar-refractivity contribution < 1.29 is 4.84 Å². The van der Waals surface area contributed by atoms with E-state index in [-0.39, 0.29) is 0 Å². The predicted octanol–water partition coefficient (Wildman–Crippen LogP) is 1.24. The summed E-state index contributed by atoms with van der Waals surface area (Å²) in [6.45, 7) is 0. The summed E-state index contributed by atoms with van der Waals surface area (Å²) in [5.41, 5.74) is 3.41. The fourth-order valence-corrected chi connectivity index (χ4v) is 0.836. The van der Waals surface area contributed by atoms with Crippen molar-refractivity contribution in [2.45, 2.75) is 0 Å². The van der Waals surface area contributed by atoms with E-state index in [1.165, 1.54) is 6.34 Å². The molecule has 1 aromatic rings. The van der Waals surface area contributed by atoms with Crippen LogP contribution in [0.1, 0.15) is 0 Å². The Hall–Kier alpha value is -1.51. The Morgan fingerprint density at radius 1 is 1.30 bits per heavy atom. The third-order valence-corrected chi connectivity index (χ3v) is 1.29. The number of fused-ring (bicyclic) bond motifs is 1. The summed E-state index contributed by atoms with van der Waals surface area (Å²) >= 11 is 0. The molecule has 0 spiro atoms. The molecular weight excluding hydrogens is 128 g/mol. The summed E-state index contributed by atoms with van der Waals surface area (Å²) in [7, 11) is 0. The van der Waals surface area contributed by atoms with Gasteiger partial charge in [-0.1, -0.05) is 12.1 Å². The Morgan fingerprint density at radius 3 is 3.10 bits per heavy atom. The minimum Gasteiger partial charge on any atom is -0.379 e. The molecule has 0 aromatic heterocycles. The van der Waals surface area contributed by atoms with Crippen molar-refractivity contribution in [3.8, 4) is 5.75 Å². The molecule has 0 bridgehead atoms. The maximum Gasteiger partial charge on any atom is 0.180 e. The fraction of sp³-hybridized carbons (Fsp3) is 0. The molecule has 3 heteroatoms. The Bertz CT molecular complexity index is 270.